The van der Waals surface area contributed by atoms with E-state index < -0.39 is 0 Å². The van der Waals surface area contributed by atoms with E-state index in [0.717, 1.165) is 60.9 Å². The Labute approximate surface area is 220 Å². The minimum absolute atomic E-state index is 0.570. The first-order chi connectivity index (χ1) is 18.2. The van der Waals surface area contributed by atoms with Gasteiger partial charge in [0.05, 0.1) is 12.3 Å². The van der Waals surface area contributed by atoms with Gasteiger partial charge in [0, 0.05) is 56.3 Å². The molecule has 0 unspecified atom stereocenters. The van der Waals surface area contributed by atoms with Gasteiger partial charge in [0.25, 0.3) is 0 Å². The summed E-state index contributed by atoms with van der Waals surface area (Å²) in [5.41, 5.74) is 5.19. The topological polar surface area (TPSA) is 61.6 Å². The van der Waals surface area contributed by atoms with Crippen molar-refractivity contribution in [1.29, 1.82) is 0 Å². The van der Waals surface area contributed by atoms with Gasteiger partial charge in [-0.3, -0.25) is 9.89 Å². The van der Waals surface area contributed by atoms with Crippen LogP contribution < -0.4 is 10.1 Å². The highest BCUT2D eigenvalue weighted by Crippen LogP contribution is 2.19. The Balaban J connectivity index is 1.61. The van der Waals surface area contributed by atoms with Gasteiger partial charge in [-0.1, -0.05) is 54.6 Å². The van der Waals surface area contributed by atoms with Gasteiger partial charge in [-0.15, -0.1) is 6.58 Å². The molecule has 0 radical (unpaired) electrons. The van der Waals surface area contributed by atoms with Crippen molar-refractivity contribution >= 4 is 23.1 Å². The van der Waals surface area contributed by atoms with Crippen LogP contribution in [0.25, 0.3) is 0 Å². The summed E-state index contributed by atoms with van der Waals surface area (Å²) < 4.78 is 6.04. The first kappa shape index (κ1) is 26.0. The second-order valence-corrected chi connectivity index (χ2v) is 8.87. The molecule has 2 aliphatic heterocycles. The highest BCUT2D eigenvalue weighted by atomic mass is 16.5. The number of hydrogen-bond acceptors (Lipinski definition) is 6. The maximum Gasteiger partial charge on any atom is 0.227 e. The van der Waals surface area contributed by atoms with Crippen LogP contribution in [0, 0.1) is 0 Å². The molecule has 2 heterocycles. The molecule has 0 amide bonds. The van der Waals surface area contributed by atoms with Gasteiger partial charge < -0.3 is 10.1 Å². The molecule has 0 aromatic heterocycles. The Morgan fingerprint density at radius 1 is 1.16 bits per heavy atom. The lowest BCUT2D eigenvalue weighted by Crippen LogP contribution is -2.29. The summed E-state index contributed by atoms with van der Waals surface area (Å²) in [6.07, 6.45) is 16.7. The van der Waals surface area contributed by atoms with Crippen LogP contribution in [0.4, 0.5) is 5.69 Å². The van der Waals surface area contributed by atoms with Crippen LogP contribution in [-0.2, 0) is 6.54 Å². The molecule has 0 aliphatic carbocycles. The second-order valence-electron chi connectivity index (χ2n) is 8.87. The minimum atomic E-state index is 0.570. The number of fused-ring (bicyclic) bond motifs is 6. The van der Waals surface area contributed by atoms with E-state index in [-0.39, 0.29) is 0 Å². The summed E-state index contributed by atoms with van der Waals surface area (Å²) >= 11 is 0. The molecule has 6 nitrogen and oxygen atoms in total. The Morgan fingerprint density at radius 3 is 2.97 bits per heavy atom. The van der Waals surface area contributed by atoms with Crippen LogP contribution in [0.3, 0.4) is 0 Å². The van der Waals surface area contributed by atoms with Crippen LogP contribution >= 0.6 is 0 Å². The lowest BCUT2D eigenvalue weighted by atomic mass is 10.1. The van der Waals surface area contributed by atoms with Crippen LogP contribution in [0.5, 0.6) is 5.75 Å². The quantitative estimate of drug-likeness (QED) is 0.398. The van der Waals surface area contributed by atoms with Crippen molar-refractivity contribution in [2.45, 2.75) is 25.8 Å². The minimum Gasteiger partial charge on any atom is -0.493 e. The summed E-state index contributed by atoms with van der Waals surface area (Å²) in [5, 5.41) is 3.41. The van der Waals surface area contributed by atoms with Crippen LogP contribution in [-0.4, -0.2) is 49.0 Å². The molecule has 4 rings (SSSR count). The van der Waals surface area contributed by atoms with E-state index in [1.54, 1.807) is 0 Å². The van der Waals surface area contributed by atoms with E-state index in [9.17, 15) is 0 Å². The lowest BCUT2D eigenvalue weighted by Gasteiger charge is -2.21. The number of nitrogens with one attached hydrogen (secondary N) is 1. The largest absolute Gasteiger partial charge is 0.493 e. The van der Waals surface area contributed by atoms with Crippen molar-refractivity contribution in [3.63, 3.8) is 0 Å². The van der Waals surface area contributed by atoms with E-state index in [2.05, 4.69) is 81.4 Å². The zero-order valence-corrected chi connectivity index (χ0v) is 21.5. The van der Waals surface area contributed by atoms with Gasteiger partial charge in [0.1, 0.15) is 5.75 Å². The van der Waals surface area contributed by atoms with Gasteiger partial charge in [0.15, 0.2) is 0 Å². The smallest absolute Gasteiger partial charge is 0.227 e. The fraction of sp³-hybridized carbons (Fsp3) is 0.258. The van der Waals surface area contributed by atoms with Crippen molar-refractivity contribution in [1.82, 2.24) is 4.90 Å². The maximum absolute atomic E-state index is 6.04. The molecule has 2 aliphatic rings. The van der Waals surface area contributed by atoms with Crippen molar-refractivity contribution in [3.8, 4) is 5.75 Å². The lowest BCUT2D eigenvalue weighted by molar-refractivity contribution is 0.322. The third-order valence-corrected chi connectivity index (χ3v) is 5.98. The van der Waals surface area contributed by atoms with E-state index in [0.29, 0.717) is 19.0 Å². The molecular weight excluding hydrogens is 458 g/mol. The third kappa shape index (κ3) is 8.26. The molecule has 2 aromatic rings. The van der Waals surface area contributed by atoms with Crippen molar-refractivity contribution in [3.05, 3.63) is 109 Å². The molecule has 1 N–H and O–H groups in total. The average Bonchev–Trinajstić information content (AvgIpc) is 3.15. The molecule has 0 atom stereocenters. The van der Waals surface area contributed by atoms with Gasteiger partial charge in [-0.25, -0.2) is 9.98 Å². The maximum atomic E-state index is 6.04. The number of anilines is 1. The molecule has 0 spiro atoms. The number of nitrogens with zero attached hydrogens (tertiary/aromatic N) is 4. The second kappa shape index (κ2) is 13.9. The number of hydrogen-bond donors (Lipinski definition) is 1. The number of guanidine groups is 1. The Hall–Kier alpha value is -4.03. The van der Waals surface area contributed by atoms with E-state index in [1.165, 1.54) is 5.56 Å². The van der Waals surface area contributed by atoms with E-state index in [1.807, 2.05) is 43.6 Å². The molecule has 6 heteroatoms. The monoisotopic (exact) mass is 493 g/mol. The van der Waals surface area contributed by atoms with Gasteiger partial charge in [0.2, 0.25) is 5.96 Å². The first-order valence-corrected chi connectivity index (χ1v) is 12.7. The first-order valence-electron chi connectivity index (χ1n) is 12.7. The summed E-state index contributed by atoms with van der Waals surface area (Å²) in [6.45, 7) is 6.76. The van der Waals surface area contributed by atoms with Gasteiger partial charge in [-0.2, -0.15) is 0 Å². The summed E-state index contributed by atoms with van der Waals surface area (Å²) in [6, 6.07) is 16.6. The number of allylic oxidation sites excluding steroid dienone is 3. The molecule has 0 saturated heterocycles. The number of ether oxygens (including phenoxy) is 1. The van der Waals surface area contributed by atoms with E-state index in [4.69, 9.17) is 9.73 Å². The summed E-state index contributed by atoms with van der Waals surface area (Å²) in [4.78, 5) is 16.3. The number of benzene rings is 2. The molecule has 0 saturated carbocycles. The fourth-order valence-corrected chi connectivity index (χ4v) is 4.13. The zero-order chi connectivity index (χ0) is 25.7. The number of aliphatic imine (C=N–C) groups is 3. The number of rotatable bonds is 5. The van der Waals surface area contributed by atoms with Gasteiger partial charge in [-0.05, 0) is 48.7 Å². The fourth-order valence-electron chi connectivity index (χ4n) is 4.13. The van der Waals surface area contributed by atoms with Crippen LogP contribution in [0.15, 0.2) is 113 Å². The molecule has 37 heavy (non-hydrogen) atoms. The third-order valence-electron chi connectivity index (χ3n) is 5.98. The van der Waals surface area contributed by atoms with Crippen molar-refractivity contribution in [2.75, 3.05) is 32.1 Å². The molecule has 0 fully saturated rings. The highest BCUT2D eigenvalue weighted by molar-refractivity contribution is 6.11. The van der Waals surface area contributed by atoms with Crippen molar-refractivity contribution in [2.24, 2.45) is 15.0 Å². The Morgan fingerprint density at radius 2 is 2.08 bits per heavy atom. The molecule has 6 bridgehead atoms. The van der Waals surface area contributed by atoms with Crippen LogP contribution in [0.2, 0.25) is 0 Å². The molecule has 190 valence electrons. The molecule has 2 aromatic carbocycles. The zero-order valence-electron chi connectivity index (χ0n) is 21.5. The Bertz CT molecular complexity index is 1250. The van der Waals surface area contributed by atoms with Crippen LogP contribution in [0.1, 0.15) is 30.4 Å². The van der Waals surface area contributed by atoms with E-state index >= 15 is 0 Å². The Kier molecular flexibility index (Phi) is 9.78. The highest BCUT2D eigenvalue weighted by Gasteiger charge is 2.11. The standard InChI is InChI=1S/C31H35N5O/c1-3-4-6-14-28(32-2)24-36-19-7-5-8-20-37-29-16-10-13-26(22-29)30-17-11-18-33-31(35-30)34-27-15-9-12-25(21-27)23-36/h3,5-7,9-16,18,21-22H,1,4,8,17,19-20,23-24H2,2H3,(H,33,34)/b7-5+,14-6?,32-28?. The van der Waals surface area contributed by atoms with Crippen molar-refractivity contribution < 1.29 is 4.74 Å². The SMILES string of the molecule is C=CCC=CC(CN1C/C=C/CCOc2cccc(c2)C2=NC(=NC=CC2)Nc2cccc(c2)C1)=NC. The summed E-state index contributed by atoms with van der Waals surface area (Å²) in [5.74, 6) is 1.42. The predicted octanol–water partition coefficient (Wildman–Crippen LogP) is 6.21. The normalized spacial score (nSPS) is 17.9. The average molecular weight is 494 g/mol. The summed E-state index contributed by atoms with van der Waals surface area (Å²) in [7, 11) is 1.85. The molecular formula is C31H35N5O. The van der Waals surface area contributed by atoms with Gasteiger partial charge >= 0.3 is 0 Å². The predicted molar refractivity (Wildman–Crippen MR) is 156 cm³/mol.